The average Bonchev–Trinajstić information content (AvgIpc) is 2.59. The highest BCUT2D eigenvalue weighted by atomic mass is 32.2. The largest absolute Gasteiger partial charge is 0.361 e. The van der Waals surface area contributed by atoms with E-state index in [0.29, 0.717) is 13.1 Å². The fraction of sp³-hybridized carbons (Fsp3) is 0.357. The second kappa shape index (κ2) is 6.50. The number of hydrogen-bond donors (Lipinski definition) is 1. The first-order valence-corrected chi connectivity index (χ1v) is 7.14. The van der Waals surface area contributed by atoms with Gasteiger partial charge in [-0.05, 0) is 24.3 Å². The van der Waals surface area contributed by atoms with Gasteiger partial charge in [0.15, 0.2) is 0 Å². The molecule has 0 unspecified atom stereocenters. The summed E-state index contributed by atoms with van der Waals surface area (Å²) in [5, 5.41) is 2.83. The van der Waals surface area contributed by atoms with E-state index in [1.54, 1.807) is 6.08 Å². The number of nitrogens with zero attached hydrogens (tertiary/aromatic N) is 1. The van der Waals surface area contributed by atoms with Crippen molar-refractivity contribution in [1.29, 1.82) is 0 Å². The van der Waals surface area contributed by atoms with Crippen molar-refractivity contribution >= 4 is 23.4 Å². The molecule has 0 saturated carbocycles. The highest BCUT2D eigenvalue weighted by Crippen LogP contribution is 2.33. The molecule has 0 fully saturated rings. The zero-order valence-electron chi connectivity index (χ0n) is 10.4. The van der Waals surface area contributed by atoms with E-state index in [1.807, 2.05) is 23.9 Å². The highest BCUT2D eigenvalue weighted by molar-refractivity contribution is 7.99. The van der Waals surface area contributed by atoms with Gasteiger partial charge in [0.2, 0.25) is 5.91 Å². The Kier molecular flexibility index (Phi) is 4.70. The minimum Gasteiger partial charge on any atom is -0.361 e. The predicted octanol–water partition coefficient (Wildman–Crippen LogP) is 2.29. The number of thioether (sulfide) groups is 1. The lowest BCUT2D eigenvalue weighted by atomic mass is 10.2. The Bertz CT molecular complexity index is 434. The van der Waals surface area contributed by atoms with Crippen LogP contribution in [0.4, 0.5) is 5.69 Å². The van der Waals surface area contributed by atoms with Gasteiger partial charge in [-0.3, -0.25) is 4.79 Å². The van der Waals surface area contributed by atoms with E-state index >= 15 is 0 Å². The van der Waals surface area contributed by atoms with E-state index in [4.69, 9.17) is 0 Å². The number of para-hydroxylation sites is 1. The molecule has 2 rings (SSSR count). The maximum atomic E-state index is 11.8. The number of anilines is 1. The first-order valence-electron chi connectivity index (χ1n) is 6.15. The number of rotatable bonds is 4. The monoisotopic (exact) mass is 262 g/mol. The van der Waals surface area contributed by atoms with Gasteiger partial charge in [0.05, 0.1) is 12.2 Å². The molecule has 18 heavy (non-hydrogen) atoms. The lowest BCUT2D eigenvalue weighted by molar-refractivity contribution is -0.119. The van der Waals surface area contributed by atoms with E-state index < -0.39 is 0 Å². The van der Waals surface area contributed by atoms with Crippen molar-refractivity contribution in [3.63, 3.8) is 0 Å². The summed E-state index contributed by atoms with van der Waals surface area (Å²) >= 11 is 1.87. The molecule has 3 nitrogen and oxygen atoms in total. The molecular weight excluding hydrogens is 244 g/mol. The molecule has 1 N–H and O–H groups in total. The van der Waals surface area contributed by atoms with Crippen molar-refractivity contribution in [1.82, 2.24) is 5.32 Å². The molecule has 4 heteroatoms. The summed E-state index contributed by atoms with van der Waals surface area (Å²) in [5.41, 5.74) is 1.17. The molecule has 96 valence electrons. The van der Waals surface area contributed by atoms with Crippen molar-refractivity contribution in [3.8, 4) is 0 Å². The van der Waals surface area contributed by atoms with Gasteiger partial charge in [-0.1, -0.05) is 18.2 Å². The Morgan fingerprint density at radius 2 is 2.33 bits per heavy atom. The third-order valence-electron chi connectivity index (χ3n) is 2.81. The van der Waals surface area contributed by atoms with Crippen LogP contribution >= 0.6 is 11.8 Å². The van der Waals surface area contributed by atoms with Gasteiger partial charge < -0.3 is 10.2 Å². The Labute approximate surface area is 112 Å². The lowest BCUT2D eigenvalue weighted by Gasteiger charge is -2.23. The molecule has 1 aliphatic heterocycles. The van der Waals surface area contributed by atoms with E-state index in [9.17, 15) is 4.79 Å². The number of carbonyl (C=O) groups is 1. The highest BCUT2D eigenvalue weighted by Gasteiger charge is 2.17. The Morgan fingerprint density at radius 1 is 1.50 bits per heavy atom. The molecule has 1 aromatic rings. The SMILES string of the molecule is C=CCNC(=O)CN1CCCSc2ccccc21. The molecule has 1 heterocycles. The van der Waals surface area contributed by atoms with Gasteiger partial charge >= 0.3 is 0 Å². The van der Waals surface area contributed by atoms with Gasteiger partial charge in [-0.2, -0.15) is 0 Å². The standard InChI is InChI=1S/C14H18N2OS/c1-2-8-15-14(17)11-16-9-5-10-18-13-7-4-3-6-12(13)16/h2-4,6-7H,1,5,8-11H2,(H,15,17). The number of amides is 1. The fourth-order valence-electron chi connectivity index (χ4n) is 1.98. The Hall–Kier alpha value is -1.42. The summed E-state index contributed by atoms with van der Waals surface area (Å²) in [6.45, 7) is 5.49. The Balaban J connectivity index is 2.08. The Morgan fingerprint density at radius 3 is 3.17 bits per heavy atom. The second-order valence-electron chi connectivity index (χ2n) is 4.18. The van der Waals surface area contributed by atoms with Crippen molar-refractivity contribution in [2.45, 2.75) is 11.3 Å². The number of benzene rings is 1. The normalized spacial score (nSPS) is 14.6. The van der Waals surface area contributed by atoms with Crippen molar-refractivity contribution in [2.75, 3.05) is 30.3 Å². The quantitative estimate of drug-likeness (QED) is 0.845. The number of carbonyl (C=O) groups excluding carboxylic acids is 1. The third-order valence-corrected chi connectivity index (χ3v) is 3.96. The molecule has 0 aliphatic carbocycles. The minimum atomic E-state index is 0.0524. The summed E-state index contributed by atoms with van der Waals surface area (Å²) in [4.78, 5) is 15.2. The number of hydrogen-bond acceptors (Lipinski definition) is 3. The minimum absolute atomic E-state index is 0.0524. The van der Waals surface area contributed by atoms with Crippen LogP contribution in [-0.2, 0) is 4.79 Å². The van der Waals surface area contributed by atoms with Gasteiger partial charge in [0.1, 0.15) is 0 Å². The first-order chi connectivity index (χ1) is 8.81. The van der Waals surface area contributed by atoms with Crippen molar-refractivity contribution in [2.24, 2.45) is 0 Å². The van der Waals surface area contributed by atoms with Crippen LogP contribution in [0.3, 0.4) is 0 Å². The summed E-state index contributed by atoms with van der Waals surface area (Å²) in [7, 11) is 0. The van der Waals surface area contributed by atoms with Crippen LogP contribution in [0.25, 0.3) is 0 Å². The smallest absolute Gasteiger partial charge is 0.239 e. The first kappa shape index (κ1) is 13.0. The van der Waals surface area contributed by atoms with Crippen LogP contribution in [0.2, 0.25) is 0 Å². The van der Waals surface area contributed by atoms with Crippen molar-refractivity contribution < 1.29 is 4.79 Å². The third kappa shape index (κ3) is 3.29. The second-order valence-corrected chi connectivity index (χ2v) is 5.32. The van der Waals surface area contributed by atoms with Crippen molar-refractivity contribution in [3.05, 3.63) is 36.9 Å². The van der Waals surface area contributed by atoms with Crippen LogP contribution in [0.15, 0.2) is 41.8 Å². The zero-order chi connectivity index (χ0) is 12.8. The van der Waals surface area contributed by atoms with Crippen LogP contribution < -0.4 is 10.2 Å². The van der Waals surface area contributed by atoms with Crippen LogP contribution in [0.1, 0.15) is 6.42 Å². The van der Waals surface area contributed by atoms with Crippen LogP contribution in [0.5, 0.6) is 0 Å². The molecule has 1 aromatic carbocycles. The van der Waals surface area contributed by atoms with Gasteiger partial charge in [0, 0.05) is 18.0 Å². The number of nitrogens with one attached hydrogen (secondary N) is 1. The molecular formula is C14H18N2OS. The van der Waals surface area contributed by atoms with E-state index in [-0.39, 0.29) is 5.91 Å². The predicted molar refractivity (Wildman–Crippen MR) is 77.2 cm³/mol. The lowest BCUT2D eigenvalue weighted by Crippen LogP contribution is -2.37. The average molecular weight is 262 g/mol. The summed E-state index contributed by atoms with van der Waals surface area (Å²) < 4.78 is 0. The van der Waals surface area contributed by atoms with Gasteiger partial charge in [0.25, 0.3) is 0 Å². The fourth-order valence-corrected chi connectivity index (χ4v) is 2.99. The zero-order valence-corrected chi connectivity index (χ0v) is 11.2. The molecule has 0 spiro atoms. The molecule has 1 aliphatic rings. The number of fused-ring (bicyclic) bond motifs is 1. The molecule has 0 radical (unpaired) electrons. The molecule has 0 saturated heterocycles. The summed E-state index contributed by atoms with van der Waals surface area (Å²) in [5.74, 6) is 1.17. The molecule has 0 atom stereocenters. The topological polar surface area (TPSA) is 32.3 Å². The summed E-state index contributed by atoms with van der Waals surface area (Å²) in [6, 6.07) is 8.29. The van der Waals surface area contributed by atoms with E-state index in [0.717, 1.165) is 18.7 Å². The summed E-state index contributed by atoms with van der Waals surface area (Å²) in [6.07, 6.45) is 2.80. The van der Waals surface area contributed by atoms with Crippen LogP contribution in [-0.4, -0.2) is 31.3 Å². The van der Waals surface area contributed by atoms with Crippen LogP contribution in [0, 0.1) is 0 Å². The molecule has 1 amide bonds. The molecule has 0 aromatic heterocycles. The van der Waals surface area contributed by atoms with E-state index in [1.165, 1.54) is 10.6 Å². The molecule has 0 bridgehead atoms. The van der Waals surface area contributed by atoms with E-state index in [2.05, 4.69) is 28.9 Å². The van der Waals surface area contributed by atoms with Gasteiger partial charge in [-0.25, -0.2) is 0 Å². The maximum absolute atomic E-state index is 11.8. The van der Waals surface area contributed by atoms with Gasteiger partial charge in [-0.15, -0.1) is 18.3 Å². The maximum Gasteiger partial charge on any atom is 0.239 e.